The highest BCUT2D eigenvalue weighted by Crippen LogP contribution is 2.11. The van der Waals surface area contributed by atoms with Crippen LogP contribution in [0.1, 0.15) is 11.3 Å². The predicted octanol–water partition coefficient (Wildman–Crippen LogP) is 1.10. The number of nitrogens with zero attached hydrogens (tertiary/aromatic N) is 3. The summed E-state index contributed by atoms with van der Waals surface area (Å²) in [5, 5.41) is 7.41. The summed E-state index contributed by atoms with van der Waals surface area (Å²) in [6.07, 6.45) is 6.43. The van der Waals surface area contributed by atoms with E-state index in [4.69, 9.17) is 18.0 Å². The van der Waals surface area contributed by atoms with Crippen LogP contribution in [0.3, 0.4) is 0 Å². The van der Waals surface area contributed by atoms with Gasteiger partial charge in [0, 0.05) is 26.0 Å². The zero-order chi connectivity index (χ0) is 13.0. The Morgan fingerprint density at radius 2 is 2.39 bits per heavy atom. The summed E-state index contributed by atoms with van der Waals surface area (Å²) in [6.45, 7) is 0.785. The van der Waals surface area contributed by atoms with Crippen molar-refractivity contribution in [1.82, 2.24) is 14.8 Å². The van der Waals surface area contributed by atoms with Crippen molar-refractivity contribution in [2.45, 2.75) is 6.42 Å². The molecule has 18 heavy (non-hydrogen) atoms. The van der Waals surface area contributed by atoms with Gasteiger partial charge in [0.25, 0.3) is 0 Å². The molecule has 0 bridgehead atoms. The summed E-state index contributed by atoms with van der Waals surface area (Å²) >= 11 is 4.96. The van der Waals surface area contributed by atoms with Crippen molar-refractivity contribution >= 4 is 22.9 Å². The normalized spacial score (nSPS) is 10.3. The van der Waals surface area contributed by atoms with Gasteiger partial charge in [-0.1, -0.05) is 12.2 Å². The van der Waals surface area contributed by atoms with Crippen LogP contribution in [0.5, 0.6) is 0 Å². The molecule has 0 saturated heterocycles. The summed E-state index contributed by atoms with van der Waals surface area (Å²) in [4.78, 5) is 4.47. The summed E-state index contributed by atoms with van der Waals surface area (Å²) in [5.41, 5.74) is 8.31. The molecule has 0 saturated carbocycles. The van der Waals surface area contributed by atoms with E-state index in [-0.39, 0.29) is 0 Å². The van der Waals surface area contributed by atoms with Crippen LogP contribution in [0.2, 0.25) is 0 Å². The number of thiocarbonyl (C=S) groups is 1. The van der Waals surface area contributed by atoms with Gasteiger partial charge in [-0.15, -0.1) is 0 Å². The van der Waals surface area contributed by atoms with Crippen LogP contribution in [0.4, 0.5) is 5.69 Å². The molecule has 0 aliphatic heterocycles. The monoisotopic (exact) mass is 261 g/mol. The van der Waals surface area contributed by atoms with Crippen molar-refractivity contribution in [3.05, 3.63) is 42.0 Å². The molecule has 5 nitrogen and oxygen atoms in total. The highest BCUT2D eigenvalue weighted by molar-refractivity contribution is 7.80. The van der Waals surface area contributed by atoms with Gasteiger partial charge in [0.15, 0.2) is 0 Å². The van der Waals surface area contributed by atoms with E-state index in [9.17, 15) is 0 Å². The molecule has 0 fully saturated rings. The fourth-order valence-corrected chi connectivity index (χ4v) is 1.85. The number of aromatic nitrogens is 3. The van der Waals surface area contributed by atoms with Gasteiger partial charge in [-0.05, 0) is 24.1 Å². The Morgan fingerprint density at radius 3 is 3.06 bits per heavy atom. The molecule has 94 valence electrons. The van der Waals surface area contributed by atoms with E-state index in [1.807, 2.05) is 31.6 Å². The van der Waals surface area contributed by atoms with Gasteiger partial charge in [-0.3, -0.25) is 9.67 Å². The smallest absolute Gasteiger partial charge is 0.124 e. The number of hydrogen-bond acceptors (Lipinski definition) is 4. The lowest BCUT2D eigenvalue weighted by Crippen LogP contribution is -2.16. The topological polar surface area (TPSA) is 68.8 Å². The van der Waals surface area contributed by atoms with Gasteiger partial charge in [0.1, 0.15) is 10.7 Å². The molecule has 0 radical (unpaired) electrons. The maximum absolute atomic E-state index is 5.62. The molecule has 2 rings (SSSR count). The van der Waals surface area contributed by atoms with Crippen molar-refractivity contribution in [1.29, 1.82) is 0 Å². The third kappa shape index (κ3) is 3.04. The first-order valence-electron chi connectivity index (χ1n) is 5.63. The van der Waals surface area contributed by atoms with Gasteiger partial charge < -0.3 is 11.1 Å². The Bertz CT molecular complexity index is 549. The van der Waals surface area contributed by atoms with Crippen molar-refractivity contribution in [3.63, 3.8) is 0 Å². The first-order chi connectivity index (χ1) is 8.66. The van der Waals surface area contributed by atoms with Gasteiger partial charge in [0.2, 0.25) is 0 Å². The highest BCUT2D eigenvalue weighted by atomic mass is 32.1. The van der Waals surface area contributed by atoms with Gasteiger partial charge in [-0.2, -0.15) is 5.10 Å². The van der Waals surface area contributed by atoms with Gasteiger partial charge in [0.05, 0.1) is 11.9 Å². The minimum Gasteiger partial charge on any atom is -0.388 e. The number of pyridine rings is 1. The average Bonchev–Trinajstić information content (AvgIpc) is 2.75. The Labute approximate surface area is 111 Å². The Kier molecular flexibility index (Phi) is 3.88. The predicted molar refractivity (Wildman–Crippen MR) is 75.5 cm³/mol. The molecule has 0 atom stereocenters. The number of aryl methyl sites for hydroxylation is 1. The highest BCUT2D eigenvalue weighted by Gasteiger charge is 2.05. The fraction of sp³-hybridized carbons (Fsp3) is 0.250. The Balaban J connectivity index is 1.96. The largest absolute Gasteiger partial charge is 0.388 e. The zero-order valence-electron chi connectivity index (χ0n) is 10.1. The van der Waals surface area contributed by atoms with E-state index in [1.165, 1.54) is 5.56 Å². The minimum absolute atomic E-state index is 0.305. The molecule has 0 amide bonds. The van der Waals surface area contributed by atoms with Crippen LogP contribution in [-0.2, 0) is 13.5 Å². The Hall–Kier alpha value is -1.95. The molecule has 2 heterocycles. The van der Waals surface area contributed by atoms with E-state index in [2.05, 4.69) is 15.4 Å². The molecule has 2 aromatic rings. The van der Waals surface area contributed by atoms with Crippen LogP contribution >= 0.6 is 12.2 Å². The molecule has 2 aromatic heterocycles. The molecule has 0 unspecified atom stereocenters. The molecule has 0 aliphatic rings. The lowest BCUT2D eigenvalue weighted by molar-refractivity contribution is 0.767. The second-order valence-corrected chi connectivity index (χ2v) is 4.40. The molecule has 3 N–H and O–H groups in total. The number of nitrogens with one attached hydrogen (secondary N) is 1. The second kappa shape index (κ2) is 5.59. The fourth-order valence-electron chi connectivity index (χ4n) is 1.69. The van der Waals surface area contributed by atoms with E-state index in [1.54, 1.807) is 10.9 Å². The third-order valence-corrected chi connectivity index (χ3v) is 2.72. The van der Waals surface area contributed by atoms with E-state index in [0.29, 0.717) is 10.7 Å². The van der Waals surface area contributed by atoms with Crippen molar-refractivity contribution in [2.24, 2.45) is 12.8 Å². The molecule has 0 spiro atoms. The van der Waals surface area contributed by atoms with Crippen molar-refractivity contribution in [2.75, 3.05) is 11.9 Å². The number of rotatable bonds is 5. The van der Waals surface area contributed by atoms with E-state index in [0.717, 1.165) is 18.7 Å². The van der Waals surface area contributed by atoms with Gasteiger partial charge >= 0.3 is 0 Å². The zero-order valence-corrected chi connectivity index (χ0v) is 10.9. The lowest BCUT2D eigenvalue weighted by atomic mass is 10.2. The lowest BCUT2D eigenvalue weighted by Gasteiger charge is -2.09. The summed E-state index contributed by atoms with van der Waals surface area (Å²) in [5.74, 6) is 0. The first kappa shape index (κ1) is 12.5. The molecule has 6 heteroatoms. The number of hydrogen-bond donors (Lipinski definition) is 2. The quantitative estimate of drug-likeness (QED) is 0.789. The summed E-state index contributed by atoms with van der Waals surface area (Å²) in [6, 6.07) is 3.78. The summed E-state index contributed by atoms with van der Waals surface area (Å²) in [7, 11) is 1.91. The standard InChI is InChI=1S/C12H15N5S/c1-17-8-9(7-16-17)4-6-14-10-3-2-5-15-11(10)12(13)18/h2-3,5,7-8,14H,4,6H2,1H3,(H2,13,18). The van der Waals surface area contributed by atoms with Crippen molar-refractivity contribution < 1.29 is 0 Å². The average molecular weight is 261 g/mol. The van der Waals surface area contributed by atoms with Crippen LogP contribution in [0.15, 0.2) is 30.7 Å². The molecular weight excluding hydrogens is 246 g/mol. The second-order valence-electron chi connectivity index (χ2n) is 3.96. The third-order valence-electron chi connectivity index (χ3n) is 2.53. The van der Waals surface area contributed by atoms with Crippen LogP contribution in [0, 0.1) is 0 Å². The summed E-state index contributed by atoms with van der Waals surface area (Å²) < 4.78 is 1.79. The molecule has 0 aliphatic carbocycles. The SMILES string of the molecule is Cn1cc(CCNc2cccnc2C(N)=S)cn1. The van der Waals surface area contributed by atoms with Crippen LogP contribution in [-0.4, -0.2) is 26.3 Å². The maximum atomic E-state index is 5.62. The number of anilines is 1. The Morgan fingerprint density at radius 1 is 1.56 bits per heavy atom. The molecule has 0 aromatic carbocycles. The molecular formula is C12H15N5S. The maximum Gasteiger partial charge on any atom is 0.124 e. The van der Waals surface area contributed by atoms with Crippen LogP contribution in [0.25, 0.3) is 0 Å². The number of nitrogens with two attached hydrogens (primary N) is 1. The minimum atomic E-state index is 0.305. The first-order valence-corrected chi connectivity index (χ1v) is 6.04. The van der Waals surface area contributed by atoms with Crippen LogP contribution < -0.4 is 11.1 Å². The van der Waals surface area contributed by atoms with Gasteiger partial charge in [-0.25, -0.2) is 0 Å². The van der Waals surface area contributed by atoms with E-state index < -0.39 is 0 Å². The van der Waals surface area contributed by atoms with E-state index >= 15 is 0 Å². The van der Waals surface area contributed by atoms with Crippen molar-refractivity contribution in [3.8, 4) is 0 Å².